The molecule has 5 nitrogen and oxygen atoms in total. The number of benzene rings is 1. The summed E-state index contributed by atoms with van der Waals surface area (Å²) in [6, 6.07) is 7.68. The average molecular weight is 306 g/mol. The highest BCUT2D eigenvalue weighted by atomic mass is 32.1. The van der Waals surface area contributed by atoms with E-state index >= 15 is 0 Å². The van der Waals surface area contributed by atoms with E-state index in [0.29, 0.717) is 18.1 Å². The van der Waals surface area contributed by atoms with Gasteiger partial charge in [-0.05, 0) is 12.1 Å². The summed E-state index contributed by atoms with van der Waals surface area (Å²) < 4.78 is 16.9. The van der Waals surface area contributed by atoms with E-state index in [2.05, 4.69) is 4.90 Å². The summed E-state index contributed by atoms with van der Waals surface area (Å²) in [6.07, 6.45) is 0. The molecule has 21 heavy (non-hydrogen) atoms. The Hall–Kier alpha value is -1.63. The fraction of sp³-hybridized carbons (Fsp3) is 0.400. The maximum absolute atomic E-state index is 5.91. The molecule has 0 atom stereocenters. The number of nitrogens with two attached hydrogens (primary N) is 1. The predicted octanol–water partition coefficient (Wildman–Crippen LogP) is 1.78. The lowest BCUT2D eigenvalue weighted by Gasteiger charge is -2.26. The topological polar surface area (TPSA) is 60.9 Å². The second-order valence-electron chi connectivity index (χ2n) is 4.92. The molecule has 1 aromatic heterocycles. The van der Waals surface area contributed by atoms with E-state index in [1.165, 1.54) is 0 Å². The summed E-state index contributed by atoms with van der Waals surface area (Å²) in [7, 11) is 0. The van der Waals surface area contributed by atoms with Crippen molar-refractivity contribution in [2.75, 3.05) is 39.5 Å². The third kappa shape index (κ3) is 3.18. The Morgan fingerprint density at radius 3 is 2.81 bits per heavy atom. The lowest BCUT2D eigenvalue weighted by atomic mass is 10.2. The molecular formula is C15H18N2O3S. The molecule has 3 rings (SSSR count). The minimum atomic E-state index is 0.215. The molecule has 0 radical (unpaired) electrons. The number of ether oxygens (including phenoxy) is 2. The molecule has 1 fully saturated rings. The molecule has 112 valence electrons. The van der Waals surface area contributed by atoms with E-state index in [-0.39, 0.29) is 4.99 Å². The quantitative estimate of drug-likeness (QED) is 0.850. The Balaban J connectivity index is 1.72. The maximum Gasteiger partial charge on any atom is 0.204 e. The molecule has 2 aromatic rings. The van der Waals surface area contributed by atoms with Crippen molar-refractivity contribution in [1.29, 1.82) is 0 Å². The van der Waals surface area contributed by atoms with Gasteiger partial charge in [-0.1, -0.05) is 24.4 Å². The van der Waals surface area contributed by atoms with Crippen molar-refractivity contribution in [1.82, 2.24) is 4.90 Å². The lowest BCUT2D eigenvalue weighted by molar-refractivity contribution is 0.0323. The normalized spacial score (nSPS) is 16.2. The Morgan fingerprint density at radius 2 is 2.05 bits per heavy atom. The smallest absolute Gasteiger partial charge is 0.204 e. The van der Waals surface area contributed by atoms with E-state index in [1.54, 1.807) is 0 Å². The van der Waals surface area contributed by atoms with Gasteiger partial charge in [0, 0.05) is 19.6 Å². The van der Waals surface area contributed by atoms with Crippen LogP contribution in [0, 0.1) is 0 Å². The molecule has 0 spiro atoms. The number of para-hydroxylation sites is 1. The van der Waals surface area contributed by atoms with Crippen molar-refractivity contribution < 1.29 is 13.9 Å². The monoisotopic (exact) mass is 306 g/mol. The minimum absolute atomic E-state index is 0.215. The number of fused-ring (bicyclic) bond motifs is 1. The standard InChI is InChI=1S/C15H18N2O3S/c16-15(21)14-13(11-3-1-2-4-12(11)20-14)19-10-7-17-5-8-18-9-6-17/h1-4H,5-10H2,(H2,16,21). The van der Waals surface area contributed by atoms with Crippen LogP contribution in [0.1, 0.15) is 5.76 Å². The van der Waals surface area contributed by atoms with Crippen molar-refractivity contribution >= 4 is 28.2 Å². The largest absolute Gasteiger partial charge is 0.487 e. The van der Waals surface area contributed by atoms with Gasteiger partial charge in [-0.3, -0.25) is 4.90 Å². The first-order valence-electron chi connectivity index (χ1n) is 7.00. The van der Waals surface area contributed by atoms with Gasteiger partial charge in [0.2, 0.25) is 5.76 Å². The summed E-state index contributed by atoms with van der Waals surface area (Å²) in [4.78, 5) is 2.53. The third-order valence-corrected chi connectivity index (χ3v) is 3.72. The number of morpholine rings is 1. The van der Waals surface area contributed by atoms with Crippen LogP contribution in [-0.2, 0) is 4.74 Å². The highest BCUT2D eigenvalue weighted by molar-refractivity contribution is 7.80. The Bertz CT molecular complexity index is 635. The van der Waals surface area contributed by atoms with Gasteiger partial charge >= 0.3 is 0 Å². The van der Waals surface area contributed by atoms with Gasteiger partial charge in [-0.2, -0.15) is 0 Å². The number of hydrogen-bond donors (Lipinski definition) is 1. The molecule has 1 aliphatic rings. The van der Waals surface area contributed by atoms with Crippen LogP contribution in [0.2, 0.25) is 0 Å². The van der Waals surface area contributed by atoms with Crippen molar-refractivity contribution in [3.63, 3.8) is 0 Å². The zero-order valence-corrected chi connectivity index (χ0v) is 12.5. The van der Waals surface area contributed by atoms with Crippen LogP contribution < -0.4 is 10.5 Å². The number of hydrogen-bond acceptors (Lipinski definition) is 5. The molecule has 0 saturated carbocycles. The summed E-state index contributed by atoms with van der Waals surface area (Å²) in [5, 5.41) is 0.905. The van der Waals surface area contributed by atoms with Crippen LogP contribution in [0.5, 0.6) is 5.75 Å². The van der Waals surface area contributed by atoms with Gasteiger partial charge in [0.15, 0.2) is 5.75 Å². The van der Waals surface area contributed by atoms with Gasteiger partial charge in [0.25, 0.3) is 0 Å². The van der Waals surface area contributed by atoms with E-state index in [0.717, 1.165) is 43.8 Å². The second kappa shape index (κ2) is 6.43. The Labute approximate surface area is 128 Å². The molecule has 0 aliphatic carbocycles. The first-order chi connectivity index (χ1) is 10.3. The predicted molar refractivity (Wildman–Crippen MR) is 84.9 cm³/mol. The lowest BCUT2D eigenvalue weighted by Crippen LogP contribution is -2.38. The molecule has 0 unspecified atom stereocenters. The molecular weight excluding hydrogens is 288 g/mol. The van der Waals surface area contributed by atoms with Gasteiger partial charge < -0.3 is 19.6 Å². The number of thiocarbonyl (C=S) groups is 1. The number of nitrogens with zero attached hydrogens (tertiary/aromatic N) is 1. The number of rotatable bonds is 5. The van der Waals surface area contributed by atoms with E-state index < -0.39 is 0 Å². The van der Waals surface area contributed by atoms with Crippen LogP contribution >= 0.6 is 12.2 Å². The van der Waals surface area contributed by atoms with E-state index in [1.807, 2.05) is 24.3 Å². The molecule has 1 saturated heterocycles. The average Bonchev–Trinajstić information content (AvgIpc) is 2.88. The Morgan fingerprint density at radius 1 is 1.29 bits per heavy atom. The molecule has 0 amide bonds. The molecule has 1 aliphatic heterocycles. The summed E-state index contributed by atoms with van der Waals surface area (Å²) in [5.74, 6) is 1.10. The van der Waals surface area contributed by atoms with Crippen LogP contribution in [-0.4, -0.2) is 49.3 Å². The maximum atomic E-state index is 5.91. The molecule has 0 bridgehead atoms. The van der Waals surface area contributed by atoms with Crippen LogP contribution in [0.3, 0.4) is 0 Å². The summed E-state index contributed by atoms with van der Waals surface area (Å²) >= 11 is 5.04. The highest BCUT2D eigenvalue weighted by Crippen LogP contribution is 2.32. The summed E-state index contributed by atoms with van der Waals surface area (Å²) in [6.45, 7) is 4.87. The van der Waals surface area contributed by atoms with Crippen molar-refractivity contribution in [2.45, 2.75) is 0 Å². The SMILES string of the molecule is NC(=S)c1oc2ccccc2c1OCCN1CCOCC1. The molecule has 2 heterocycles. The van der Waals surface area contributed by atoms with Gasteiger partial charge in [-0.15, -0.1) is 0 Å². The van der Waals surface area contributed by atoms with Crippen molar-refractivity contribution in [3.05, 3.63) is 30.0 Å². The van der Waals surface area contributed by atoms with Gasteiger partial charge in [-0.25, -0.2) is 0 Å². The zero-order chi connectivity index (χ0) is 14.7. The van der Waals surface area contributed by atoms with Gasteiger partial charge in [0.1, 0.15) is 17.2 Å². The summed E-state index contributed by atoms with van der Waals surface area (Å²) in [5.41, 5.74) is 6.46. The van der Waals surface area contributed by atoms with E-state index in [9.17, 15) is 0 Å². The first kappa shape index (κ1) is 14.3. The van der Waals surface area contributed by atoms with Crippen molar-refractivity contribution in [3.8, 4) is 5.75 Å². The number of furan rings is 1. The van der Waals surface area contributed by atoms with E-state index in [4.69, 9.17) is 31.8 Å². The third-order valence-electron chi connectivity index (χ3n) is 3.53. The zero-order valence-electron chi connectivity index (χ0n) is 11.7. The molecule has 2 N–H and O–H groups in total. The highest BCUT2D eigenvalue weighted by Gasteiger charge is 2.18. The van der Waals surface area contributed by atoms with Crippen LogP contribution in [0.4, 0.5) is 0 Å². The van der Waals surface area contributed by atoms with Crippen LogP contribution in [0.15, 0.2) is 28.7 Å². The molecule has 1 aromatic carbocycles. The van der Waals surface area contributed by atoms with Crippen LogP contribution in [0.25, 0.3) is 11.0 Å². The second-order valence-corrected chi connectivity index (χ2v) is 5.36. The fourth-order valence-electron chi connectivity index (χ4n) is 2.43. The van der Waals surface area contributed by atoms with Gasteiger partial charge in [0.05, 0.1) is 18.6 Å². The minimum Gasteiger partial charge on any atom is -0.487 e. The first-order valence-corrected chi connectivity index (χ1v) is 7.41. The molecule has 6 heteroatoms. The Kier molecular flexibility index (Phi) is 4.38. The van der Waals surface area contributed by atoms with Crippen molar-refractivity contribution in [2.24, 2.45) is 5.73 Å². The fourth-order valence-corrected chi connectivity index (χ4v) is 2.56.